The maximum atomic E-state index is 3.59. The predicted molar refractivity (Wildman–Crippen MR) is 72.1 cm³/mol. The highest BCUT2D eigenvalue weighted by atomic mass is 15.2. The van der Waals surface area contributed by atoms with Gasteiger partial charge in [-0.05, 0) is 56.9 Å². The van der Waals surface area contributed by atoms with Gasteiger partial charge in [0.25, 0.3) is 0 Å². The molecule has 2 bridgehead atoms. The van der Waals surface area contributed by atoms with Gasteiger partial charge in [-0.2, -0.15) is 0 Å². The van der Waals surface area contributed by atoms with Gasteiger partial charge < -0.3 is 5.32 Å². The summed E-state index contributed by atoms with van der Waals surface area (Å²) in [6.07, 6.45) is 8.60. The number of nitrogens with zero attached hydrogens (tertiary/aromatic N) is 1. The Kier molecular flexibility index (Phi) is 2.99. The van der Waals surface area contributed by atoms with Crippen molar-refractivity contribution in [2.24, 2.45) is 11.3 Å². The van der Waals surface area contributed by atoms with E-state index in [9.17, 15) is 0 Å². The van der Waals surface area contributed by atoms with Crippen LogP contribution in [0.2, 0.25) is 0 Å². The summed E-state index contributed by atoms with van der Waals surface area (Å²) in [4.78, 5) is 2.87. The fourth-order valence-electron chi connectivity index (χ4n) is 4.60. The Hall–Kier alpha value is -0.0800. The minimum absolute atomic E-state index is 0.555. The molecule has 0 aromatic carbocycles. The number of hydrogen-bond acceptors (Lipinski definition) is 2. The van der Waals surface area contributed by atoms with E-state index in [0.29, 0.717) is 5.41 Å². The molecule has 2 nitrogen and oxygen atoms in total. The Morgan fingerprint density at radius 3 is 2.59 bits per heavy atom. The van der Waals surface area contributed by atoms with Crippen LogP contribution in [0.25, 0.3) is 0 Å². The molecule has 0 aromatic heterocycles. The van der Waals surface area contributed by atoms with Gasteiger partial charge in [0.1, 0.15) is 0 Å². The summed E-state index contributed by atoms with van der Waals surface area (Å²) in [5.41, 5.74) is 0.555. The summed E-state index contributed by atoms with van der Waals surface area (Å²) >= 11 is 0. The lowest BCUT2D eigenvalue weighted by Crippen LogP contribution is -2.55. The number of nitrogens with one attached hydrogen (secondary N) is 1. The first kappa shape index (κ1) is 12.0. The minimum Gasteiger partial charge on any atom is -0.315 e. The van der Waals surface area contributed by atoms with Crippen LogP contribution in [0.5, 0.6) is 0 Å². The first-order valence-corrected chi connectivity index (χ1v) is 7.52. The summed E-state index contributed by atoms with van der Waals surface area (Å²) in [5, 5.41) is 3.59. The zero-order valence-corrected chi connectivity index (χ0v) is 11.7. The number of likely N-dealkylation sites (tertiary alicyclic amines) is 1. The van der Waals surface area contributed by atoms with Gasteiger partial charge in [-0.25, -0.2) is 0 Å². The van der Waals surface area contributed by atoms with Crippen LogP contribution in [-0.4, -0.2) is 36.6 Å². The molecular weight excluding hydrogens is 208 g/mol. The number of piperidine rings is 1. The van der Waals surface area contributed by atoms with Crippen molar-refractivity contribution in [3.63, 3.8) is 0 Å². The summed E-state index contributed by atoms with van der Waals surface area (Å²) in [6.45, 7) is 6.31. The monoisotopic (exact) mass is 236 g/mol. The molecule has 0 amide bonds. The Balaban J connectivity index is 1.74. The van der Waals surface area contributed by atoms with E-state index >= 15 is 0 Å². The van der Waals surface area contributed by atoms with Gasteiger partial charge in [-0.15, -0.1) is 0 Å². The predicted octanol–water partition coefficient (Wildman–Crippen LogP) is 2.64. The standard InChI is InChI=1S/C15H28N2/c1-15(2)7-6-13(16-3)14(9-15)17-10-11-4-5-12(17)8-11/h11-14,16H,4-10H2,1-3H3. The first-order chi connectivity index (χ1) is 8.09. The molecular formula is C15H28N2. The molecule has 4 atom stereocenters. The topological polar surface area (TPSA) is 15.3 Å². The molecule has 0 spiro atoms. The highest BCUT2D eigenvalue weighted by Crippen LogP contribution is 2.44. The molecule has 1 N–H and O–H groups in total. The zero-order valence-electron chi connectivity index (χ0n) is 11.7. The molecule has 17 heavy (non-hydrogen) atoms. The van der Waals surface area contributed by atoms with Crippen LogP contribution in [-0.2, 0) is 0 Å². The van der Waals surface area contributed by atoms with E-state index < -0.39 is 0 Å². The average Bonchev–Trinajstić information content (AvgIpc) is 2.89. The largest absolute Gasteiger partial charge is 0.315 e. The minimum atomic E-state index is 0.555. The van der Waals surface area contributed by atoms with Gasteiger partial charge >= 0.3 is 0 Å². The molecule has 3 aliphatic rings. The van der Waals surface area contributed by atoms with Crippen LogP contribution >= 0.6 is 0 Å². The Bertz CT molecular complexity index is 287. The molecule has 1 aliphatic heterocycles. The van der Waals surface area contributed by atoms with Crippen molar-refractivity contribution in [1.29, 1.82) is 0 Å². The highest BCUT2D eigenvalue weighted by Gasteiger charge is 2.45. The second kappa shape index (κ2) is 4.24. The van der Waals surface area contributed by atoms with E-state index in [0.717, 1.165) is 24.0 Å². The average molecular weight is 236 g/mol. The lowest BCUT2D eigenvalue weighted by atomic mass is 9.72. The molecule has 3 rings (SSSR count). The van der Waals surface area contributed by atoms with Gasteiger partial charge in [0.2, 0.25) is 0 Å². The molecule has 3 fully saturated rings. The van der Waals surface area contributed by atoms with Gasteiger partial charge in [-0.1, -0.05) is 13.8 Å². The van der Waals surface area contributed by atoms with E-state index in [-0.39, 0.29) is 0 Å². The molecule has 4 unspecified atom stereocenters. The molecule has 2 heteroatoms. The summed E-state index contributed by atoms with van der Waals surface area (Å²) in [6, 6.07) is 2.47. The number of fused-ring (bicyclic) bond motifs is 2. The van der Waals surface area contributed by atoms with Crippen LogP contribution in [0.3, 0.4) is 0 Å². The summed E-state index contributed by atoms with van der Waals surface area (Å²) < 4.78 is 0. The summed E-state index contributed by atoms with van der Waals surface area (Å²) in [5.74, 6) is 1.03. The van der Waals surface area contributed by atoms with Gasteiger partial charge in [0.05, 0.1) is 0 Å². The zero-order chi connectivity index (χ0) is 12.0. The fraction of sp³-hybridized carbons (Fsp3) is 1.00. The molecule has 98 valence electrons. The molecule has 1 heterocycles. The van der Waals surface area contributed by atoms with Crippen LogP contribution in [0, 0.1) is 11.3 Å². The normalized spacial score (nSPS) is 45.4. The van der Waals surface area contributed by atoms with Gasteiger partial charge in [-0.3, -0.25) is 4.90 Å². The van der Waals surface area contributed by atoms with Gasteiger partial charge in [0.15, 0.2) is 0 Å². The molecule has 1 saturated heterocycles. The lowest BCUT2D eigenvalue weighted by Gasteiger charge is -2.47. The second-order valence-corrected chi connectivity index (χ2v) is 7.40. The van der Waals surface area contributed by atoms with Crippen LogP contribution in [0.15, 0.2) is 0 Å². The smallest absolute Gasteiger partial charge is 0.0257 e. The van der Waals surface area contributed by atoms with Crippen LogP contribution < -0.4 is 5.32 Å². The number of hydrogen-bond donors (Lipinski definition) is 1. The van der Waals surface area contributed by atoms with Gasteiger partial charge in [0, 0.05) is 24.7 Å². The Morgan fingerprint density at radius 1 is 1.18 bits per heavy atom. The van der Waals surface area contributed by atoms with Crippen LogP contribution in [0.4, 0.5) is 0 Å². The van der Waals surface area contributed by atoms with E-state index in [1.165, 1.54) is 45.1 Å². The van der Waals surface area contributed by atoms with Crippen molar-refractivity contribution in [3.05, 3.63) is 0 Å². The highest BCUT2D eigenvalue weighted by molar-refractivity contribution is 5.01. The number of rotatable bonds is 2. The molecule has 2 saturated carbocycles. The quantitative estimate of drug-likeness (QED) is 0.793. The van der Waals surface area contributed by atoms with E-state index in [1.807, 2.05) is 0 Å². The third kappa shape index (κ3) is 2.15. The fourth-order valence-corrected chi connectivity index (χ4v) is 4.60. The van der Waals surface area contributed by atoms with Crippen molar-refractivity contribution in [1.82, 2.24) is 10.2 Å². The maximum absolute atomic E-state index is 3.59. The van der Waals surface area contributed by atoms with Crippen LogP contribution in [0.1, 0.15) is 52.4 Å². The van der Waals surface area contributed by atoms with E-state index in [1.54, 1.807) is 0 Å². The molecule has 0 radical (unpaired) electrons. The van der Waals surface area contributed by atoms with E-state index in [2.05, 4.69) is 31.1 Å². The lowest BCUT2D eigenvalue weighted by molar-refractivity contribution is 0.0469. The Labute approximate surface area is 106 Å². The van der Waals surface area contributed by atoms with Crippen molar-refractivity contribution in [3.8, 4) is 0 Å². The van der Waals surface area contributed by atoms with E-state index in [4.69, 9.17) is 0 Å². The molecule has 0 aromatic rings. The van der Waals surface area contributed by atoms with Crippen molar-refractivity contribution in [2.75, 3.05) is 13.6 Å². The third-order valence-corrected chi connectivity index (χ3v) is 5.61. The van der Waals surface area contributed by atoms with Crippen molar-refractivity contribution < 1.29 is 0 Å². The maximum Gasteiger partial charge on any atom is 0.0257 e. The van der Waals surface area contributed by atoms with Crippen molar-refractivity contribution in [2.45, 2.75) is 70.5 Å². The van der Waals surface area contributed by atoms with Crippen molar-refractivity contribution >= 4 is 0 Å². The third-order valence-electron chi connectivity index (χ3n) is 5.61. The second-order valence-electron chi connectivity index (χ2n) is 7.40. The Morgan fingerprint density at radius 2 is 2.00 bits per heavy atom. The first-order valence-electron chi connectivity index (χ1n) is 7.52. The number of likely N-dealkylation sites (N-methyl/N-ethyl adjacent to an activating group) is 1. The summed E-state index contributed by atoms with van der Waals surface area (Å²) in [7, 11) is 2.16. The molecule has 2 aliphatic carbocycles. The SMILES string of the molecule is CNC1CCC(C)(C)CC1N1CC2CCC1C2.